The zero-order valence-electron chi connectivity index (χ0n) is 7.82. The Labute approximate surface area is 86.7 Å². The molecule has 1 saturated carbocycles. The van der Waals surface area contributed by atoms with Crippen molar-refractivity contribution in [2.75, 3.05) is 5.73 Å². The third kappa shape index (κ3) is 1.87. The zero-order valence-corrected chi connectivity index (χ0v) is 8.64. The number of amides is 1. The Morgan fingerprint density at radius 2 is 2.29 bits per heavy atom. The molecule has 76 valence electrons. The zero-order chi connectivity index (χ0) is 9.97. The maximum absolute atomic E-state index is 11.7. The molecule has 1 heterocycles. The highest BCUT2D eigenvalue weighted by molar-refractivity contribution is 7.10. The highest BCUT2D eigenvalue weighted by atomic mass is 32.1. The van der Waals surface area contributed by atoms with Gasteiger partial charge in [-0.05, 0) is 24.4 Å². The van der Waals surface area contributed by atoms with Crippen LogP contribution >= 0.6 is 11.5 Å². The van der Waals surface area contributed by atoms with E-state index in [0.29, 0.717) is 16.6 Å². The van der Waals surface area contributed by atoms with Gasteiger partial charge in [-0.15, -0.1) is 0 Å². The number of aromatic nitrogens is 1. The summed E-state index contributed by atoms with van der Waals surface area (Å²) >= 11 is 1.16. The van der Waals surface area contributed by atoms with E-state index in [9.17, 15) is 4.79 Å². The van der Waals surface area contributed by atoms with Crippen molar-refractivity contribution >= 4 is 22.4 Å². The van der Waals surface area contributed by atoms with Crippen LogP contribution in [0.3, 0.4) is 0 Å². The minimum absolute atomic E-state index is 0.0804. The second-order valence-corrected chi connectivity index (χ2v) is 4.39. The Morgan fingerprint density at radius 3 is 2.86 bits per heavy atom. The van der Waals surface area contributed by atoms with Gasteiger partial charge in [0.15, 0.2) is 0 Å². The molecule has 0 spiro atoms. The maximum Gasteiger partial charge on any atom is 0.256 e. The molecule has 1 fully saturated rings. The summed E-state index contributed by atoms with van der Waals surface area (Å²) in [7, 11) is 0. The summed E-state index contributed by atoms with van der Waals surface area (Å²) in [4.78, 5) is 11.7. The van der Waals surface area contributed by atoms with Crippen molar-refractivity contribution in [2.45, 2.75) is 31.7 Å². The number of rotatable bonds is 2. The SMILES string of the molecule is Nc1sncc1C(=O)NC1CCCC1. The van der Waals surface area contributed by atoms with E-state index in [0.717, 1.165) is 24.4 Å². The van der Waals surface area contributed by atoms with Gasteiger partial charge in [-0.1, -0.05) is 12.8 Å². The normalized spacial score (nSPS) is 17.1. The first-order valence-corrected chi connectivity index (χ1v) is 5.55. The van der Waals surface area contributed by atoms with E-state index in [1.165, 1.54) is 19.0 Å². The van der Waals surface area contributed by atoms with Gasteiger partial charge in [-0.25, -0.2) is 0 Å². The quantitative estimate of drug-likeness (QED) is 0.777. The van der Waals surface area contributed by atoms with Gasteiger partial charge in [0.05, 0.1) is 11.8 Å². The lowest BCUT2D eigenvalue weighted by Crippen LogP contribution is -2.32. The minimum atomic E-state index is -0.0804. The van der Waals surface area contributed by atoms with Crippen LogP contribution in [0.1, 0.15) is 36.0 Å². The summed E-state index contributed by atoms with van der Waals surface area (Å²) in [6.45, 7) is 0. The van der Waals surface area contributed by atoms with Crippen molar-refractivity contribution in [2.24, 2.45) is 0 Å². The first kappa shape index (κ1) is 9.45. The Morgan fingerprint density at radius 1 is 1.57 bits per heavy atom. The molecule has 0 aliphatic heterocycles. The number of nitrogens with two attached hydrogens (primary N) is 1. The van der Waals surface area contributed by atoms with E-state index in [2.05, 4.69) is 9.69 Å². The average molecular weight is 211 g/mol. The van der Waals surface area contributed by atoms with Crippen molar-refractivity contribution in [3.63, 3.8) is 0 Å². The fourth-order valence-electron chi connectivity index (χ4n) is 1.75. The molecule has 1 aliphatic carbocycles. The number of anilines is 1. The smallest absolute Gasteiger partial charge is 0.256 e. The monoisotopic (exact) mass is 211 g/mol. The molecule has 0 atom stereocenters. The van der Waals surface area contributed by atoms with Crippen molar-refractivity contribution in [3.8, 4) is 0 Å². The van der Waals surface area contributed by atoms with Crippen molar-refractivity contribution in [3.05, 3.63) is 11.8 Å². The largest absolute Gasteiger partial charge is 0.389 e. The average Bonchev–Trinajstić information content (AvgIpc) is 2.75. The van der Waals surface area contributed by atoms with Crippen molar-refractivity contribution in [1.29, 1.82) is 0 Å². The van der Waals surface area contributed by atoms with Crippen LogP contribution in [0.5, 0.6) is 0 Å². The fraction of sp³-hybridized carbons (Fsp3) is 0.556. The van der Waals surface area contributed by atoms with Gasteiger partial charge in [-0.2, -0.15) is 4.37 Å². The molecule has 4 nitrogen and oxygen atoms in total. The minimum Gasteiger partial charge on any atom is -0.389 e. The van der Waals surface area contributed by atoms with E-state index in [1.54, 1.807) is 0 Å². The molecule has 0 unspecified atom stereocenters. The highest BCUT2D eigenvalue weighted by Gasteiger charge is 2.19. The van der Waals surface area contributed by atoms with E-state index in [-0.39, 0.29) is 5.91 Å². The lowest BCUT2D eigenvalue weighted by Gasteiger charge is -2.10. The van der Waals surface area contributed by atoms with E-state index < -0.39 is 0 Å². The topological polar surface area (TPSA) is 68.0 Å². The van der Waals surface area contributed by atoms with E-state index in [1.807, 2.05) is 0 Å². The van der Waals surface area contributed by atoms with Gasteiger partial charge >= 0.3 is 0 Å². The lowest BCUT2D eigenvalue weighted by molar-refractivity contribution is 0.0939. The summed E-state index contributed by atoms with van der Waals surface area (Å²) < 4.78 is 3.87. The molecule has 5 heteroatoms. The number of hydrogen-bond donors (Lipinski definition) is 2. The van der Waals surface area contributed by atoms with Gasteiger partial charge in [-0.3, -0.25) is 4.79 Å². The molecule has 3 N–H and O–H groups in total. The third-order valence-electron chi connectivity index (χ3n) is 2.53. The van der Waals surface area contributed by atoms with Crippen LogP contribution in [0.2, 0.25) is 0 Å². The molecule has 0 saturated heterocycles. The number of carbonyl (C=O) groups is 1. The van der Waals surface area contributed by atoms with Crippen LogP contribution in [-0.2, 0) is 0 Å². The third-order valence-corrected chi connectivity index (χ3v) is 3.16. The Balaban J connectivity index is 1.98. The van der Waals surface area contributed by atoms with Gasteiger partial charge in [0, 0.05) is 6.04 Å². The molecule has 0 radical (unpaired) electrons. The maximum atomic E-state index is 11.7. The van der Waals surface area contributed by atoms with Crippen LogP contribution in [0.4, 0.5) is 5.00 Å². The molecule has 1 aromatic heterocycles. The van der Waals surface area contributed by atoms with Crippen LogP contribution in [0, 0.1) is 0 Å². The molecular formula is C9H13N3OS. The Kier molecular flexibility index (Phi) is 2.67. The lowest BCUT2D eigenvalue weighted by atomic mass is 10.2. The first-order valence-electron chi connectivity index (χ1n) is 4.78. The number of nitrogens with zero attached hydrogens (tertiary/aromatic N) is 1. The van der Waals surface area contributed by atoms with Crippen molar-refractivity contribution < 1.29 is 4.79 Å². The summed E-state index contributed by atoms with van der Waals surface area (Å²) in [6, 6.07) is 0.335. The second kappa shape index (κ2) is 3.96. The van der Waals surface area contributed by atoms with Crippen LogP contribution in [0.15, 0.2) is 6.20 Å². The second-order valence-electron chi connectivity index (χ2n) is 3.56. The van der Waals surface area contributed by atoms with Gasteiger partial charge in [0.25, 0.3) is 5.91 Å². The van der Waals surface area contributed by atoms with Crippen LogP contribution in [-0.4, -0.2) is 16.3 Å². The molecular weight excluding hydrogens is 198 g/mol. The molecule has 1 aliphatic rings. The number of nitrogens with one attached hydrogen (secondary N) is 1. The highest BCUT2D eigenvalue weighted by Crippen LogP contribution is 2.20. The molecule has 1 aromatic rings. The Hall–Kier alpha value is -1.10. The number of nitrogen functional groups attached to an aromatic ring is 1. The molecule has 0 bridgehead atoms. The molecule has 0 aromatic carbocycles. The van der Waals surface area contributed by atoms with Gasteiger partial charge in [0.2, 0.25) is 0 Å². The van der Waals surface area contributed by atoms with Gasteiger partial charge in [0.1, 0.15) is 5.00 Å². The van der Waals surface area contributed by atoms with E-state index in [4.69, 9.17) is 5.73 Å². The summed E-state index contributed by atoms with van der Waals surface area (Å²) in [5, 5.41) is 3.47. The predicted molar refractivity (Wildman–Crippen MR) is 56.2 cm³/mol. The van der Waals surface area contributed by atoms with Crippen LogP contribution < -0.4 is 11.1 Å². The number of hydrogen-bond acceptors (Lipinski definition) is 4. The molecule has 2 rings (SSSR count). The number of carbonyl (C=O) groups excluding carboxylic acids is 1. The van der Waals surface area contributed by atoms with Crippen LogP contribution in [0.25, 0.3) is 0 Å². The summed E-state index contributed by atoms with van der Waals surface area (Å²) in [6.07, 6.45) is 6.13. The predicted octanol–water partition coefficient (Wildman–Crippen LogP) is 1.40. The van der Waals surface area contributed by atoms with Crippen molar-refractivity contribution in [1.82, 2.24) is 9.69 Å². The Bertz CT molecular complexity index is 331. The fourth-order valence-corrected chi connectivity index (χ4v) is 2.27. The summed E-state index contributed by atoms with van der Waals surface area (Å²) in [5.41, 5.74) is 6.13. The standard InChI is InChI=1S/C9H13N3OS/c10-8-7(5-11-14-8)9(13)12-6-3-1-2-4-6/h5-6H,1-4,10H2,(H,12,13). The molecule has 14 heavy (non-hydrogen) atoms. The first-order chi connectivity index (χ1) is 6.77. The summed E-state index contributed by atoms with van der Waals surface area (Å²) in [5.74, 6) is -0.0804. The van der Waals surface area contributed by atoms with E-state index >= 15 is 0 Å². The molecule has 1 amide bonds. The van der Waals surface area contributed by atoms with Gasteiger partial charge < -0.3 is 11.1 Å².